The molecule has 192 valence electrons. The van der Waals surface area contributed by atoms with E-state index >= 15 is 0 Å². The number of hydrogen-bond acceptors (Lipinski definition) is 7. The number of aromatic nitrogens is 3. The molecule has 1 aliphatic carbocycles. The molecular weight excluding hydrogens is 512 g/mol. The molecule has 1 aliphatic rings. The zero-order chi connectivity index (χ0) is 26.5. The summed E-state index contributed by atoms with van der Waals surface area (Å²) in [6.45, 7) is 5.99. The largest absolute Gasteiger partial charge is 0.422 e. The van der Waals surface area contributed by atoms with Crippen LogP contribution in [0.5, 0.6) is 0 Å². The van der Waals surface area contributed by atoms with Crippen LogP contribution in [0.15, 0.2) is 54.7 Å². The summed E-state index contributed by atoms with van der Waals surface area (Å²) in [4.78, 5) is 42.4. The predicted molar refractivity (Wildman–Crippen MR) is 144 cm³/mol. The lowest BCUT2D eigenvalue weighted by molar-refractivity contribution is -0.116. The summed E-state index contributed by atoms with van der Waals surface area (Å²) in [5.74, 6) is 0.121. The quantitative estimate of drug-likeness (QED) is 0.375. The number of rotatable bonds is 8. The fourth-order valence-electron chi connectivity index (χ4n) is 4.45. The molecule has 37 heavy (non-hydrogen) atoms. The van der Waals surface area contributed by atoms with Gasteiger partial charge in [-0.25, -0.2) is 9.48 Å². The van der Waals surface area contributed by atoms with E-state index in [9.17, 15) is 14.4 Å². The normalized spacial score (nSPS) is 15.2. The molecule has 2 aromatic heterocycles. The van der Waals surface area contributed by atoms with Gasteiger partial charge in [0.2, 0.25) is 0 Å². The van der Waals surface area contributed by atoms with E-state index in [1.54, 1.807) is 41.5 Å². The molecule has 8 nitrogen and oxygen atoms in total. The first-order chi connectivity index (χ1) is 17.8. The smallest absolute Gasteiger partial charge is 0.372 e. The second-order valence-electron chi connectivity index (χ2n) is 8.67. The van der Waals surface area contributed by atoms with E-state index in [0.29, 0.717) is 47.2 Å². The first kappa shape index (κ1) is 26.6. The van der Waals surface area contributed by atoms with E-state index in [1.165, 1.54) is 0 Å². The second-order valence-corrected chi connectivity index (χ2v) is 10.3. The number of aryl methyl sites for hydroxylation is 2. The number of halogens is 1. The molecule has 0 spiro atoms. The minimum atomic E-state index is -0.440. The summed E-state index contributed by atoms with van der Waals surface area (Å²) >= 11 is 7.09. The van der Waals surface area contributed by atoms with Gasteiger partial charge in [-0.2, -0.15) is 5.10 Å². The Labute approximate surface area is 224 Å². The van der Waals surface area contributed by atoms with Gasteiger partial charge < -0.3 is 10.1 Å². The van der Waals surface area contributed by atoms with Gasteiger partial charge in [0.1, 0.15) is 11.5 Å². The number of Topliss-reactive ketones (excluding diaryl/α,β-unsaturated/α-hetero) is 1. The van der Waals surface area contributed by atoms with Crippen molar-refractivity contribution < 1.29 is 19.1 Å². The third kappa shape index (κ3) is 6.11. The number of benzene rings is 1. The molecule has 1 unspecified atom stereocenters. The van der Waals surface area contributed by atoms with E-state index in [1.807, 2.05) is 32.9 Å². The maximum absolute atomic E-state index is 13.6. The first-order valence-electron chi connectivity index (χ1n) is 11.9. The Kier molecular flexibility index (Phi) is 8.45. The fourth-order valence-corrected chi connectivity index (χ4v) is 4.98. The zero-order valence-electron chi connectivity index (χ0n) is 20.8. The van der Waals surface area contributed by atoms with Gasteiger partial charge >= 0.3 is 5.30 Å². The number of allylic oxidation sites excluding steroid dienone is 2. The number of ether oxygens (including phenoxy) is 1. The molecule has 0 aliphatic heterocycles. The SMILES string of the molecule is CCSC(=O)OC1=C(c2c(C)cc(-n3cc(Cl)cn3)cc2C)C(=O)C(CCNC(=O)c2ccccn2)C1. The average Bonchev–Trinajstić information content (AvgIpc) is 3.43. The predicted octanol–water partition coefficient (Wildman–Crippen LogP) is 5.55. The van der Waals surface area contributed by atoms with Crippen molar-refractivity contribution in [2.45, 2.75) is 33.6 Å². The lowest BCUT2D eigenvalue weighted by Crippen LogP contribution is -2.27. The van der Waals surface area contributed by atoms with Crippen LogP contribution in [0.3, 0.4) is 0 Å². The number of amides is 1. The van der Waals surface area contributed by atoms with E-state index < -0.39 is 11.2 Å². The number of thioether (sulfide) groups is 1. The molecule has 4 rings (SSSR count). The van der Waals surface area contributed by atoms with Crippen molar-refractivity contribution >= 4 is 45.9 Å². The number of pyridine rings is 1. The molecular formula is C27H27ClN4O4S. The molecule has 1 N–H and O–H groups in total. The van der Waals surface area contributed by atoms with Gasteiger partial charge in [0.25, 0.3) is 5.91 Å². The van der Waals surface area contributed by atoms with Crippen LogP contribution in [0.25, 0.3) is 11.3 Å². The van der Waals surface area contributed by atoms with Crippen molar-refractivity contribution in [2.75, 3.05) is 12.3 Å². The second kappa shape index (κ2) is 11.7. The summed E-state index contributed by atoms with van der Waals surface area (Å²) in [5.41, 5.74) is 4.00. The maximum Gasteiger partial charge on any atom is 0.372 e. The van der Waals surface area contributed by atoms with Gasteiger partial charge in [0, 0.05) is 37.0 Å². The van der Waals surface area contributed by atoms with Gasteiger partial charge in [-0.3, -0.25) is 14.6 Å². The Balaban J connectivity index is 1.58. The summed E-state index contributed by atoms with van der Waals surface area (Å²) in [6.07, 6.45) is 5.52. The molecule has 0 bridgehead atoms. The summed E-state index contributed by atoms with van der Waals surface area (Å²) in [7, 11) is 0. The van der Waals surface area contributed by atoms with Crippen molar-refractivity contribution in [1.29, 1.82) is 0 Å². The molecule has 1 atom stereocenters. The Morgan fingerprint density at radius 2 is 2.00 bits per heavy atom. The molecule has 1 amide bonds. The van der Waals surface area contributed by atoms with Gasteiger partial charge in [-0.05, 0) is 73.0 Å². The first-order valence-corrected chi connectivity index (χ1v) is 13.3. The zero-order valence-corrected chi connectivity index (χ0v) is 22.4. The van der Waals surface area contributed by atoms with Crippen molar-refractivity contribution in [3.8, 4) is 5.69 Å². The molecule has 10 heteroatoms. The molecule has 0 fully saturated rings. The highest BCUT2D eigenvalue weighted by atomic mass is 35.5. The standard InChI is InChI=1S/C27H27ClN4O4S/c1-4-37-27(35)36-22-13-18(8-10-30-26(34)21-7-5-6-9-29-21)25(33)24(22)23-16(2)11-20(12-17(23)3)32-15-19(28)14-31-32/h5-7,9,11-12,14-15,18H,4,8,10,13H2,1-3H3,(H,30,34). The minimum absolute atomic E-state index is 0.0996. The van der Waals surface area contributed by atoms with Crippen LogP contribution < -0.4 is 5.32 Å². The number of nitrogens with one attached hydrogen (secondary N) is 1. The van der Waals surface area contributed by atoms with Gasteiger partial charge in [-0.1, -0.05) is 24.6 Å². The van der Waals surface area contributed by atoms with E-state index in [4.69, 9.17) is 16.3 Å². The molecule has 0 radical (unpaired) electrons. The topological polar surface area (TPSA) is 103 Å². The van der Waals surface area contributed by atoms with Gasteiger partial charge in [-0.15, -0.1) is 0 Å². The Morgan fingerprint density at radius 1 is 1.24 bits per heavy atom. The summed E-state index contributed by atoms with van der Waals surface area (Å²) < 4.78 is 7.36. The van der Waals surface area contributed by atoms with Crippen LogP contribution in [-0.2, 0) is 9.53 Å². The Hall–Kier alpha value is -3.43. The average molecular weight is 539 g/mol. The number of carbonyl (C=O) groups excluding carboxylic acids is 3. The third-order valence-electron chi connectivity index (χ3n) is 6.06. The van der Waals surface area contributed by atoms with Crippen LogP contribution in [0.2, 0.25) is 5.02 Å². The van der Waals surface area contributed by atoms with E-state index in [-0.39, 0.29) is 11.7 Å². The number of nitrogens with zero attached hydrogens (tertiary/aromatic N) is 3. The summed E-state index contributed by atoms with van der Waals surface area (Å²) in [6, 6.07) is 8.95. The minimum Gasteiger partial charge on any atom is -0.422 e. The Morgan fingerprint density at radius 3 is 2.62 bits per heavy atom. The van der Waals surface area contributed by atoms with Crippen molar-refractivity contribution in [2.24, 2.45) is 5.92 Å². The number of carbonyl (C=O) groups is 3. The van der Waals surface area contributed by atoms with Crippen LogP contribution in [0.4, 0.5) is 4.79 Å². The van der Waals surface area contributed by atoms with Crippen molar-refractivity contribution in [3.63, 3.8) is 0 Å². The van der Waals surface area contributed by atoms with E-state index in [2.05, 4.69) is 15.4 Å². The molecule has 2 heterocycles. The van der Waals surface area contributed by atoms with Crippen molar-refractivity contribution in [1.82, 2.24) is 20.1 Å². The lowest BCUT2D eigenvalue weighted by atomic mass is 9.91. The lowest BCUT2D eigenvalue weighted by Gasteiger charge is -2.15. The monoisotopic (exact) mass is 538 g/mol. The van der Waals surface area contributed by atoms with Crippen LogP contribution in [0.1, 0.15) is 46.9 Å². The van der Waals surface area contributed by atoms with Crippen LogP contribution in [0, 0.1) is 19.8 Å². The highest BCUT2D eigenvalue weighted by molar-refractivity contribution is 8.13. The van der Waals surface area contributed by atoms with E-state index in [0.717, 1.165) is 34.1 Å². The maximum atomic E-state index is 13.6. The van der Waals surface area contributed by atoms with Gasteiger partial charge in [0.15, 0.2) is 5.78 Å². The molecule has 0 saturated carbocycles. The van der Waals surface area contributed by atoms with Gasteiger partial charge in [0.05, 0.1) is 22.5 Å². The van der Waals surface area contributed by atoms with Crippen LogP contribution in [-0.4, -0.2) is 44.1 Å². The number of ketones is 1. The number of hydrogen-bond donors (Lipinski definition) is 1. The summed E-state index contributed by atoms with van der Waals surface area (Å²) in [5, 5.41) is 7.17. The highest BCUT2D eigenvalue weighted by Gasteiger charge is 2.37. The third-order valence-corrected chi connectivity index (χ3v) is 6.86. The molecule has 0 saturated heterocycles. The Bertz CT molecular complexity index is 1350. The van der Waals surface area contributed by atoms with Crippen molar-refractivity contribution in [3.05, 3.63) is 82.1 Å². The fraction of sp³-hybridized carbons (Fsp3) is 0.296. The molecule has 3 aromatic rings. The molecule has 1 aromatic carbocycles. The van der Waals surface area contributed by atoms with Crippen LogP contribution >= 0.6 is 23.4 Å². The highest BCUT2D eigenvalue weighted by Crippen LogP contribution is 2.40.